The molecule has 2 aromatic rings. The number of benzene rings is 2. The van der Waals surface area contributed by atoms with Crippen molar-refractivity contribution in [3.63, 3.8) is 0 Å². The van der Waals surface area contributed by atoms with E-state index in [4.69, 9.17) is 17.3 Å². The Labute approximate surface area is 119 Å². The molecule has 0 saturated carbocycles. The normalized spacial score (nSPS) is 11.9. The molecule has 2 rings (SSSR count). The van der Waals surface area contributed by atoms with Gasteiger partial charge in [0.25, 0.3) is 0 Å². The predicted octanol–water partition coefficient (Wildman–Crippen LogP) is 3.26. The lowest BCUT2D eigenvalue weighted by Crippen LogP contribution is -2.28. The molecule has 6 heteroatoms. The maximum absolute atomic E-state index is 13.0. The van der Waals surface area contributed by atoms with Crippen molar-refractivity contribution in [1.82, 2.24) is 0 Å². The third kappa shape index (κ3) is 3.24. The summed E-state index contributed by atoms with van der Waals surface area (Å²) in [6, 6.07) is 8.13. The van der Waals surface area contributed by atoms with Crippen LogP contribution in [0.25, 0.3) is 0 Å². The first-order valence-corrected chi connectivity index (χ1v) is 6.11. The lowest BCUT2D eigenvalue weighted by Gasteiger charge is -2.18. The molecule has 3 N–H and O–H groups in total. The summed E-state index contributed by atoms with van der Waals surface area (Å²) in [5, 5.41) is 2.92. The number of nitrogens with one attached hydrogen (secondary N) is 1. The summed E-state index contributed by atoms with van der Waals surface area (Å²) in [7, 11) is 0. The van der Waals surface area contributed by atoms with Crippen LogP contribution in [0.5, 0.6) is 0 Å². The van der Waals surface area contributed by atoms with E-state index < -0.39 is 23.6 Å². The number of carbonyl (C=O) groups is 1. The Morgan fingerprint density at radius 2 is 1.70 bits per heavy atom. The summed E-state index contributed by atoms with van der Waals surface area (Å²) in [6.45, 7) is 0. The monoisotopic (exact) mass is 296 g/mol. The fourth-order valence-electron chi connectivity index (χ4n) is 1.75. The standard InChI is InChI=1S/C14H11ClF2N2O/c15-12-7-9(17)3-6-11(12)13(14(18)20)19-10-4-1-8(16)2-5-10/h1-7,13,19H,(H2,18,20). The minimum Gasteiger partial charge on any atom is -0.370 e. The van der Waals surface area contributed by atoms with Gasteiger partial charge in [0.05, 0.1) is 0 Å². The Bertz CT molecular complexity index is 632. The van der Waals surface area contributed by atoms with E-state index >= 15 is 0 Å². The van der Waals surface area contributed by atoms with Crippen LogP contribution in [-0.4, -0.2) is 5.91 Å². The molecule has 1 unspecified atom stereocenters. The average molecular weight is 297 g/mol. The summed E-state index contributed by atoms with van der Waals surface area (Å²) >= 11 is 5.91. The highest BCUT2D eigenvalue weighted by Crippen LogP contribution is 2.27. The van der Waals surface area contributed by atoms with Gasteiger partial charge in [0.2, 0.25) is 5.91 Å². The Morgan fingerprint density at radius 1 is 1.10 bits per heavy atom. The molecule has 0 saturated heterocycles. The molecule has 0 radical (unpaired) electrons. The molecule has 0 aliphatic heterocycles. The zero-order valence-electron chi connectivity index (χ0n) is 10.2. The van der Waals surface area contributed by atoms with Crippen LogP contribution in [0.2, 0.25) is 5.02 Å². The van der Waals surface area contributed by atoms with E-state index in [1.807, 2.05) is 0 Å². The minimum absolute atomic E-state index is 0.0865. The van der Waals surface area contributed by atoms with Gasteiger partial charge < -0.3 is 11.1 Å². The van der Waals surface area contributed by atoms with Crippen molar-refractivity contribution >= 4 is 23.2 Å². The number of halogens is 3. The van der Waals surface area contributed by atoms with Crippen LogP contribution in [0.1, 0.15) is 11.6 Å². The van der Waals surface area contributed by atoms with E-state index in [9.17, 15) is 13.6 Å². The van der Waals surface area contributed by atoms with Gasteiger partial charge in [-0.2, -0.15) is 0 Å². The summed E-state index contributed by atoms with van der Waals surface area (Å²) in [4.78, 5) is 11.5. The molecule has 0 heterocycles. The zero-order chi connectivity index (χ0) is 14.7. The molecule has 3 nitrogen and oxygen atoms in total. The van der Waals surface area contributed by atoms with Crippen molar-refractivity contribution in [2.75, 3.05) is 5.32 Å². The largest absolute Gasteiger partial charge is 0.370 e. The van der Waals surface area contributed by atoms with Crippen LogP contribution in [-0.2, 0) is 4.79 Å². The molecule has 0 aliphatic rings. The van der Waals surface area contributed by atoms with Crippen molar-refractivity contribution in [3.8, 4) is 0 Å². The maximum Gasteiger partial charge on any atom is 0.244 e. The molecule has 104 valence electrons. The summed E-state index contributed by atoms with van der Waals surface area (Å²) in [6.07, 6.45) is 0. The Kier molecular flexibility index (Phi) is 4.20. The highest BCUT2D eigenvalue weighted by atomic mass is 35.5. The molecule has 0 aliphatic carbocycles. The van der Waals surface area contributed by atoms with Crippen LogP contribution in [0.4, 0.5) is 14.5 Å². The number of nitrogens with two attached hydrogens (primary N) is 1. The second-order valence-electron chi connectivity index (χ2n) is 4.15. The molecule has 2 aromatic carbocycles. The third-order valence-electron chi connectivity index (χ3n) is 2.71. The average Bonchev–Trinajstić information content (AvgIpc) is 2.39. The lowest BCUT2D eigenvalue weighted by molar-refractivity contribution is -0.118. The lowest BCUT2D eigenvalue weighted by atomic mass is 10.1. The van der Waals surface area contributed by atoms with Crippen LogP contribution >= 0.6 is 11.6 Å². The van der Waals surface area contributed by atoms with Gasteiger partial charge in [-0.05, 0) is 36.4 Å². The molecular weight excluding hydrogens is 286 g/mol. The summed E-state index contributed by atoms with van der Waals surface area (Å²) in [5.41, 5.74) is 6.17. The molecule has 0 spiro atoms. The first kappa shape index (κ1) is 14.3. The maximum atomic E-state index is 13.0. The SMILES string of the molecule is NC(=O)C(Nc1ccc(F)cc1)c1ccc(F)cc1Cl. The number of primary amides is 1. The molecule has 0 fully saturated rings. The Hall–Kier alpha value is -2.14. The second-order valence-corrected chi connectivity index (χ2v) is 4.56. The number of anilines is 1. The van der Waals surface area contributed by atoms with Crippen molar-refractivity contribution in [2.45, 2.75) is 6.04 Å². The number of carbonyl (C=O) groups excluding carboxylic acids is 1. The van der Waals surface area contributed by atoms with Gasteiger partial charge in [-0.1, -0.05) is 17.7 Å². The first-order valence-electron chi connectivity index (χ1n) is 5.74. The van der Waals surface area contributed by atoms with Gasteiger partial charge in [0.15, 0.2) is 0 Å². The third-order valence-corrected chi connectivity index (χ3v) is 3.04. The highest BCUT2D eigenvalue weighted by molar-refractivity contribution is 6.31. The fourth-order valence-corrected chi connectivity index (χ4v) is 2.03. The molecule has 1 amide bonds. The minimum atomic E-state index is -0.937. The Morgan fingerprint density at radius 3 is 2.25 bits per heavy atom. The van der Waals surface area contributed by atoms with Crippen molar-refractivity contribution in [2.24, 2.45) is 5.73 Å². The quantitative estimate of drug-likeness (QED) is 0.910. The number of amides is 1. The fraction of sp³-hybridized carbons (Fsp3) is 0.0714. The van der Waals surface area contributed by atoms with Gasteiger partial charge in [0, 0.05) is 16.3 Å². The van der Waals surface area contributed by atoms with Crippen LogP contribution in [0, 0.1) is 11.6 Å². The molecule has 0 aromatic heterocycles. The van der Waals surface area contributed by atoms with Gasteiger partial charge >= 0.3 is 0 Å². The summed E-state index contributed by atoms with van der Waals surface area (Å²) in [5.74, 6) is -1.59. The van der Waals surface area contributed by atoms with E-state index in [0.29, 0.717) is 11.3 Å². The molecular formula is C14H11ClF2N2O. The van der Waals surface area contributed by atoms with Crippen LogP contribution < -0.4 is 11.1 Å². The van der Waals surface area contributed by atoms with Gasteiger partial charge in [-0.3, -0.25) is 4.79 Å². The van der Waals surface area contributed by atoms with Crippen molar-refractivity contribution in [1.29, 1.82) is 0 Å². The van der Waals surface area contributed by atoms with Gasteiger partial charge in [0.1, 0.15) is 17.7 Å². The number of hydrogen-bond acceptors (Lipinski definition) is 2. The second kappa shape index (κ2) is 5.88. The molecule has 20 heavy (non-hydrogen) atoms. The van der Waals surface area contributed by atoms with Crippen LogP contribution in [0.15, 0.2) is 42.5 Å². The van der Waals surface area contributed by atoms with E-state index in [1.165, 1.54) is 36.4 Å². The summed E-state index contributed by atoms with van der Waals surface area (Å²) < 4.78 is 25.9. The zero-order valence-corrected chi connectivity index (χ0v) is 11.0. The van der Waals surface area contributed by atoms with Crippen molar-refractivity contribution in [3.05, 3.63) is 64.7 Å². The Balaban J connectivity index is 2.31. The molecule has 0 bridgehead atoms. The highest BCUT2D eigenvalue weighted by Gasteiger charge is 2.20. The topological polar surface area (TPSA) is 55.1 Å². The number of rotatable bonds is 4. The van der Waals surface area contributed by atoms with E-state index in [2.05, 4.69) is 5.32 Å². The predicted molar refractivity (Wildman–Crippen MR) is 73.4 cm³/mol. The van der Waals surface area contributed by atoms with E-state index in [0.717, 1.165) is 6.07 Å². The molecule has 1 atom stereocenters. The number of hydrogen-bond donors (Lipinski definition) is 2. The first-order chi connectivity index (χ1) is 9.47. The van der Waals surface area contributed by atoms with E-state index in [-0.39, 0.29) is 5.02 Å². The van der Waals surface area contributed by atoms with Gasteiger partial charge in [-0.25, -0.2) is 8.78 Å². The van der Waals surface area contributed by atoms with Crippen LogP contribution in [0.3, 0.4) is 0 Å². The smallest absolute Gasteiger partial charge is 0.244 e. The van der Waals surface area contributed by atoms with Crippen molar-refractivity contribution < 1.29 is 13.6 Å². The van der Waals surface area contributed by atoms with Gasteiger partial charge in [-0.15, -0.1) is 0 Å². The van der Waals surface area contributed by atoms with E-state index in [1.54, 1.807) is 0 Å².